The largest absolute Gasteiger partial charge is 0.325 e. The molecule has 0 spiro atoms. The molecule has 1 aromatic rings. The molecule has 0 unspecified atom stereocenters. The summed E-state index contributed by atoms with van der Waals surface area (Å²) in [4.78, 5) is 14.4. The predicted molar refractivity (Wildman–Crippen MR) is 90.3 cm³/mol. The normalized spacial score (nSPS) is 19.1. The van der Waals surface area contributed by atoms with Gasteiger partial charge in [-0.25, -0.2) is 0 Å². The summed E-state index contributed by atoms with van der Waals surface area (Å²) >= 11 is 0. The molecule has 1 fully saturated rings. The molecule has 5 heteroatoms. The third-order valence-electron chi connectivity index (χ3n) is 3.82. The Morgan fingerprint density at radius 3 is 2.90 bits per heavy atom. The zero-order valence-corrected chi connectivity index (χ0v) is 13.9. The fourth-order valence-electron chi connectivity index (χ4n) is 2.48. The maximum atomic E-state index is 12.1. The zero-order chi connectivity index (χ0) is 14.5. The van der Waals surface area contributed by atoms with E-state index in [9.17, 15) is 4.79 Å². The minimum absolute atomic E-state index is 0. The lowest BCUT2D eigenvalue weighted by Crippen LogP contribution is -2.51. The van der Waals surface area contributed by atoms with Crippen LogP contribution >= 0.6 is 12.4 Å². The predicted octanol–water partition coefficient (Wildman–Crippen LogP) is 2.46. The zero-order valence-electron chi connectivity index (χ0n) is 13.1. The van der Waals surface area contributed by atoms with Gasteiger partial charge in [-0.2, -0.15) is 0 Å². The molecule has 2 N–H and O–H groups in total. The Morgan fingerprint density at radius 2 is 2.24 bits per heavy atom. The van der Waals surface area contributed by atoms with Crippen molar-refractivity contribution in [1.29, 1.82) is 0 Å². The van der Waals surface area contributed by atoms with Crippen molar-refractivity contribution in [3.8, 4) is 0 Å². The minimum atomic E-state index is 0. The van der Waals surface area contributed by atoms with Crippen LogP contribution in [-0.4, -0.2) is 43.0 Å². The number of amides is 1. The van der Waals surface area contributed by atoms with Gasteiger partial charge in [0.05, 0.1) is 6.54 Å². The molecule has 1 amide bonds. The molecule has 1 aliphatic heterocycles. The highest BCUT2D eigenvalue weighted by atomic mass is 35.5. The van der Waals surface area contributed by atoms with Crippen molar-refractivity contribution in [2.24, 2.45) is 0 Å². The highest BCUT2D eigenvalue weighted by molar-refractivity contribution is 5.92. The van der Waals surface area contributed by atoms with Gasteiger partial charge in [0, 0.05) is 31.4 Å². The molecular weight excluding hydrogens is 286 g/mol. The van der Waals surface area contributed by atoms with Gasteiger partial charge in [-0.1, -0.05) is 26.0 Å². The van der Waals surface area contributed by atoms with E-state index in [1.54, 1.807) is 0 Å². The van der Waals surface area contributed by atoms with E-state index in [0.717, 1.165) is 25.3 Å². The Morgan fingerprint density at radius 1 is 1.48 bits per heavy atom. The summed E-state index contributed by atoms with van der Waals surface area (Å²) < 4.78 is 0. The maximum absolute atomic E-state index is 12.1. The van der Waals surface area contributed by atoms with Crippen molar-refractivity contribution >= 4 is 24.0 Å². The smallest absolute Gasteiger partial charge is 0.238 e. The van der Waals surface area contributed by atoms with Gasteiger partial charge in [0.15, 0.2) is 0 Å². The van der Waals surface area contributed by atoms with Crippen molar-refractivity contribution in [2.45, 2.75) is 32.7 Å². The standard InChI is InChI=1S/C16H25N3O.ClH/c1-12(2)14-5-4-6-15(9-14)18-16(20)11-19-8-7-17-10-13(19)3;/h4-6,9,12-13,17H,7-8,10-11H2,1-3H3,(H,18,20);1H/t13-;/m0./s1. The van der Waals surface area contributed by atoms with Gasteiger partial charge in [0.25, 0.3) is 0 Å². The highest BCUT2D eigenvalue weighted by Gasteiger charge is 2.20. The molecule has 0 aromatic heterocycles. The first kappa shape index (κ1) is 18.0. The first-order valence-corrected chi connectivity index (χ1v) is 7.41. The van der Waals surface area contributed by atoms with E-state index in [0.29, 0.717) is 18.5 Å². The number of carbonyl (C=O) groups is 1. The summed E-state index contributed by atoms with van der Waals surface area (Å²) in [6.07, 6.45) is 0. The van der Waals surface area contributed by atoms with Crippen LogP contribution in [0.4, 0.5) is 5.69 Å². The van der Waals surface area contributed by atoms with Crippen LogP contribution in [-0.2, 0) is 4.79 Å². The molecule has 4 nitrogen and oxygen atoms in total. The lowest BCUT2D eigenvalue weighted by molar-refractivity contribution is -0.118. The second-order valence-electron chi connectivity index (χ2n) is 5.85. The molecule has 1 heterocycles. The molecular formula is C16H26ClN3O. The second kappa shape index (κ2) is 8.37. The number of hydrogen-bond acceptors (Lipinski definition) is 3. The molecule has 1 atom stereocenters. The molecule has 0 aliphatic carbocycles. The number of benzene rings is 1. The van der Waals surface area contributed by atoms with Gasteiger partial charge in [0.2, 0.25) is 5.91 Å². The monoisotopic (exact) mass is 311 g/mol. The number of nitrogens with one attached hydrogen (secondary N) is 2. The number of piperazine rings is 1. The number of halogens is 1. The first-order valence-electron chi connectivity index (χ1n) is 7.41. The van der Waals surface area contributed by atoms with Crippen molar-refractivity contribution in [3.05, 3.63) is 29.8 Å². The Balaban J connectivity index is 0.00000220. The summed E-state index contributed by atoms with van der Waals surface area (Å²) in [6.45, 7) is 9.78. The average molecular weight is 312 g/mol. The summed E-state index contributed by atoms with van der Waals surface area (Å²) in [6, 6.07) is 8.52. The average Bonchev–Trinajstić information content (AvgIpc) is 2.41. The Labute approximate surface area is 133 Å². The number of nitrogens with zero attached hydrogens (tertiary/aromatic N) is 1. The third kappa shape index (κ3) is 5.30. The van der Waals surface area contributed by atoms with Crippen molar-refractivity contribution in [3.63, 3.8) is 0 Å². The molecule has 0 bridgehead atoms. The van der Waals surface area contributed by atoms with Crippen LogP contribution in [0.15, 0.2) is 24.3 Å². The van der Waals surface area contributed by atoms with Crippen molar-refractivity contribution in [1.82, 2.24) is 10.2 Å². The van der Waals surface area contributed by atoms with Gasteiger partial charge in [-0.05, 0) is 30.5 Å². The Kier molecular flexibility index (Phi) is 7.15. The number of carbonyl (C=O) groups excluding carboxylic acids is 1. The molecule has 1 saturated heterocycles. The number of rotatable bonds is 4. The van der Waals surface area contributed by atoms with Gasteiger partial charge in [-0.15, -0.1) is 12.4 Å². The summed E-state index contributed by atoms with van der Waals surface area (Å²) in [5, 5.41) is 6.34. The Bertz CT molecular complexity index is 465. The number of hydrogen-bond donors (Lipinski definition) is 2. The van der Waals surface area contributed by atoms with E-state index < -0.39 is 0 Å². The van der Waals surface area contributed by atoms with Gasteiger partial charge in [-0.3, -0.25) is 9.69 Å². The molecule has 1 aromatic carbocycles. The van der Waals surface area contributed by atoms with Crippen molar-refractivity contribution in [2.75, 3.05) is 31.5 Å². The maximum Gasteiger partial charge on any atom is 0.238 e. The van der Waals surface area contributed by atoms with Gasteiger partial charge < -0.3 is 10.6 Å². The molecule has 21 heavy (non-hydrogen) atoms. The SMILES string of the molecule is CC(C)c1cccc(NC(=O)CN2CCNC[C@@H]2C)c1.Cl. The van der Waals surface area contributed by atoms with E-state index in [4.69, 9.17) is 0 Å². The summed E-state index contributed by atoms with van der Waals surface area (Å²) in [5.41, 5.74) is 2.14. The van der Waals surface area contributed by atoms with Crippen LogP contribution in [0.5, 0.6) is 0 Å². The van der Waals surface area contributed by atoms with E-state index >= 15 is 0 Å². The van der Waals surface area contributed by atoms with Crippen LogP contribution < -0.4 is 10.6 Å². The highest BCUT2D eigenvalue weighted by Crippen LogP contribution is 2.18. The van der Waals surface area contributed by atoms with Crippen LogP contribution in [0.2, 0.25) is 0 Å². The van der Waals surface area contributed by atoms with E-state index in [1.165, 1.54) is 5.56 Å². The van der Waals surface area contributed by atoms with E-state index in [2.05, 4.69) is 48.4 Å². The fraction of sp³-hybridized carbons (Fsp3) is 0.562. The van der Waals surface area contributed by atoms with Crippen molar-refractivity contribution < 1.29 is 4.79 Å². The van der Waals surface area contributed by atoms with Crippen LogP contribution in [0.3, 0.4) is 0 Å². The molecule has 1 aliphatic rings. The van der Waals surface area contributed by atoms with Crippen LogP contribution in [0.25, 0.3) is 0 Å². The molecule has 0 radical (unpaired) electrons. The minimum Gasteiger partial charge on any atom is -0.325 e. The Hall–Kier alpha value is -1.10. The van der Waals surface area contributed by atoms with Crippen LogP contribution in [0, 0.1) is 0 Å². The quantitative estimate of drug-likeness (QED) is 0.898. The fourth-order valence-corrected chi connectivity index (χ4v) is 2.48. The van der Waals surface area contributed by atoms with Gasteiger partial charge in [0.1, 0.15) is 0 Å². The summed E-state index contributed by atoms with van der Waals surface area (Å²) in [5.74, 6) is 0.541. The van der Waals surface area contributed by atoms with Crippen LogP contribution in [0.1, 0.15) is 32.3 Å². The lowest BCUT2D eigenvalue weighted by Gasteiger charge is -2.33. The molecule has 2 rings (SSSR count). The summed E-state index contributed by atoms with van der Waals surface area (Å²) in [7, 11) is 0. The van der Waals surface area contributed by atoms with Gasteiger partial charge >= 0.3 is 0 Å². The molecule has 118 valence electrons. The topological polar surface area (TPSA) is 44.4 Å². The second-order valence-corrected chi connectivity index (χ2v) is 5.85. The first-order chi connectivity index (χ1) is 9.56. The lowest BCUT2D eigenvalue weighted by atomic mass is 10.0. The molecule has 0 saturated carbocycles. The van der Waals surface area contributed by atoms with E-state index in [1.807, 2.05) is 12.1 Å². The third-order valence-corrected chi connectivity index (χ3v) is 3.82. The van der Waals surface area contributed by atoms with E-state index in [-0.39, 0.29) is 18.3 Å². The number of anilines is 1.